The van der Waals surface area contributed by atoms with E-state index in [9.17, 15) is 5.11 Å². The van der Waals surface area contributed by atoms with Crippen molar-refractivity contribution in [1.29, 1.82) is 0 Å². The molecule has 3 aliphatic rings. The molecule has 3 unspecified atom stereocenters. The molecule has 1 saturated carbocycles. The van der Waals surface area contributed by atoms with Crippen LogP contribution in [0.15, 0.2) is 12.2 Å². The van der Waals surface area contributed by atoms with Crippen LogP contribution in [0.4, 0.5) is 0 Å². The Morgan fingerprint density at radius 3 is 2.71 bits per heavy atom. The highest BCUT2D eigenvalue weighted by Gasteiger charge is 2.58. The van der Waals surface area contributed by atoms with E-state index in [0.717, 1.165) is 38.9 Å². The summed E-state index contributed by atoms with van der Waals surface area (Å²) in [5, 5.41) is 9.81. The monoisotopic (exact) mass is 194 g/mol. The van der Waals surface area contributed by atoms with E-state index in [1.165, 1.54) is 6.42 Å². The number of rotatable bonds is 0. The lowest BCUT2D eigenvalue weighted by Gasteiger charge is -2.50. The summed E-state index contributed by atoms with van der Waals surface area (Å²) in [6.07, 6.45) is 9.87. The second-order valence-electron chi connectivity index (χ2n) is 5.33. The first kappa shape index (κ1) is 8.93. The highest BCUT2D eigenvalue weighted by atomic mass is 16.5. The summed E-state index contributed by atoms with van der Waals surface area (Å²) in [6, 6.07) is 0. The van der Waals surface area contributed by atoms with Crippen molar-refractivity contribution in [2.24, 2.45) is 10.8 Å². The number of aliphatic hydroxyl groups excluding tert-OH is 1. The van der Waals surface area contributed by atoms with Gasteiger partial charge in [-0.25, -0.2) is 0 Å². The summed E-state index contributed by atoms with van der Waals surface area (Å²) in [7, 11) is 0. The van der Waals surface area contributed by atoms with Crippen molar-refractivity contribution < 1.29 is 9.84 Å². The van der Waals surface area contributed by atoms with Crippen LogP contribution < -0.4 is 0 Å². The minimum atomic E-state index is -0.0867. The molecule has 1 N–H and O–H groups in total. The second kappa shape index (κ2) is 2.83. The molecule has 3 rings (SSSR count). The summed E-state index contributed by atoms with van der Waals surface area (Å²) >= 11 is 0. The van der Waals surface area contributed by atoms with Crippen molar-refractivity contribution in [3.05, 3.63) is 12.2 Å². The molecule has 0 aromatic carbocycles. The Bertz CT molecular complexity index is 273. The Balaban J connectivity index is 1.99. The molecular weight excluding hydrogens is 176 g/mol. The number of hydrogen-bond acceptors (Lipinski definition) is 2. The highest BCUT2D eigenvalue weighted by molar-refractivity contribution is 5.14. The molecule has 1 aliphatic heterocycles. The molecule has 3 atom stereocenters. The van der Waals surface area contributed by atoms with Crippen molar-refractivity contribution >= 4 is 0 Å². The van der Waals surface area contributed by atoms with Gasteiger partial charge >= 0.3 is 0 Å². The van der Waals surface area contributed by atoms with E-state index in [0.29, 0.717) is 5.41 Å². The van der Waals surface area contributed by atoms with Gasteiger partial charge in [0, 0.05) is 10.8 Å². The number of hydrogen-bond donors (Lipinski definition) is 1. The second-order valence-corrected chi connectivity index (χ2v) is 5.33. The van der Waals surface area contributed by atoms with Gasteiger partial charge in [0.25, 0.3) is 0 Å². The van der Waals surface area contributed by atoms with Crippen molar-refractivity contribution in [3.63, 3.8) is 0 Å². The summed E-state index contributed by atoms with van der Waals surface area (Å²) in [6.45, 7) is 1.79. The van der Waals surface area contributed by atoms with Gasteiger partial charge < -0.3 is 9.84 Å². The van der Waals surface area contributed by atoms with Crippen molar-refractivity contribution in [3.8, 4) is 0 Å². The van der Waals surface area contributed by atoms with Crippen molar-refractivity contribution in [2.45, 2.75) is 38.2 Å². The van der Waals surface area contributed by atoms with Crippen LogP contribution in [0, 0.1) is 10.8 Å². The molecule has 2 heteroatoms. The molecule has 2 aliphatic carbocycles. The van der Waals surface area contributed by atoms with E-state index in [1.54, 1.807) is 0 Å². The van der Waals surface area contributed by atoms with Gasteiger partial charge in [-0.05, 0) is 32.1 Å². The largest absolute Gasteiger partial charge is 0.393 e. The van der Waals surface area contributed by atoms with Crippen molar-refractivity contribution in [2.75, 3.05) is 13.2 Å². The molecule has 14 heavy (non-hydrogen) atoms. The topological polar surface area (TPSA) is 29.5 Å². The Morgan fingerprint density at radius 1 is 1.14 bits per heavy atom. The van der Waals surface area contributed by atoms with Gasteiger partial charge in [0.05, 0.1) is 19.3 Å². The fraction of sp³-hybridized carbons (Fsp3) is 0.833. The summed E-state index contributed by atoms with van der Waals surface area (Å²) in [4.78, 5) is 0. The molecule has 78 valence electrons. The minimum Gasteiger partial charge on any atom is -0.393 e. The minimum absolute atomic E-state index is 0.0867. The maximum Gasteiger partial charge on any atom is 0.0547 e. The standard InChI is InChI=1S/C12H18O2/c13-10-3-6-11-4-1-2-5-12(11,7-10)9-14-8-11/h1-2,10,13H,3-9H2. The van der Waals surface area contributed by atoms with Crippen LogP contribution in [0.2, 0.25) is 0 Å². The quantitative estimate of drug-likeness (QED) is 0.597. The Morgan fingerprint density at radius 2 is 1.86 bits per heavy atom. The molecule has 0 amide bonds. The zero-order chi connectivity index (χ0) is 9.65. The SMILES string of the molecule is OC1CCC23CC=CCC2(COC3)C1. The van der Waals surface area contributed by atoms with Crippen LogP contribution in [0.1, 0.15) is 32.1 Å². The Kier molecular flexibility index (Phi) is 1.80. The smallest absolute Gasteiger partial charge is 0.0547 e. The molecule has 0 aromatic heterocycles. The van der Waals surface area contributed by atoms with Crippen LogP contribution in [0.5, 0.6) is 0 Å². The van der Waals surface area contributed by atoms with Crippen molar-refractivity contribution in [1.82, 2.24) is 0 Å². The molecule has 0 spiro atoms. The van der Waals surface area contributed by atoms with Gasteiger partial charge in [-0.15, -0.1) is 0 Å². The van der Waals surface area contributed by atoms with Gasteiger partial charge in [0.15, 0.2) is 0 Å². The molecule has 0 radical (unpaired) electrons. The first-order valence-electron chi connectivity index (χ1n) is 5.67. The summed E-state index contributed by atoms with van der Waals surface area (Å²) in [5.74, 6) is 0. The van der Waals surface area contributed by atoms with E-state index in [-0.39, 0.29) is 11.5 Å². The van der Waals surface area contributed by atoms with Gasteiger partial charge in [0.1, 0.15) is 0 Å². The van der Waals surface area contributed by atoms with E-state index < -0.39 is 0 Å². The molecular formula is C12H18O2. The normalized spacial score (nSPS) is 51.4. The lowest BCUT2D eigenvalue weighted by molar-refractivity contribution is -0.0354. The predicted molar refractivity (Wildman–Crippen MR) is 53.9 cm³/mol. The van der Waals surface area contributed by atoms with Crippen LogP contribution in [0.25, 0.3) is 0 Å². The molecule has 2 nitrogen and oxygen atoms in total. The third kappa shape index (κ3) is 0.986. The number of allylic oxidation sites excluding steroid dienone is 2. The lowest BCUT2D eigenvalue weighted by Crippen LogP contribution is -2.48. The van der Waals surface area contributed by atoms with E-state index in [1.807, 2.05) is 0 Å². The predicted octanol–water partition coefficient (Wildman–Crippen LogP) is 1.88. The third-order valence-corrected chi connectivity index (χ3v) is 4.65. The Hall–Kier alpha value is -0.340. The zero-order valence-electron chi connectivity index (χ0n) is 8.54. The number of aliphatic hydroxyl groups is 1. The maximum atomic E-state index is 9.81. The van der Waals surface area contributed by atoms with Crippen LogP contribution in [0.3, 0.4) is 0 Å². The fourth-order valence-corrected chi connectivity index (χ4v) is 3.71. The van der Waals surface area contributed by atoms with Crippen LogP contribution in [-0.4, -0.2) is 24.4 Å². The maximum absolute atomic E-state index is 9.81. The van der Waals surface area contributed by atoms with E-state index in [4.69, 9.17) is 4.74 Å². The average Bonchev–Trinajstić information content (AvgIpc) is 2.56. The van der Waals surface area contributed by atoms with E-state index in [2.05, 4.69) is 12.2 Å². The van der Waals surface area contributed by atoms with Gasteiger partial charge in [-0.1, -0.05) is 12.2 Å². The summed E-state index contributed by atoms with van der Waals surface area (Å²) < 4.78 is 5.72. The molecule has 1 heterocycles. The number of ether oxygens (including phenoxy) is 1. The van der Waals surface area contributed by atoms with E-state index >= 15 is 0 Å². The first-order valence-corrected chi connectivity index (χ1v) is 5.67. The molecule has 1 saturated heterocycles. The fourth-order valence-electron chi connectivity index (χ4n) is 3.71. The molecule has 0 bridgehead atoms. The lowest BCUT2D eigenvalue weighted by atomic mass is 9.53. The van der Waals surface area contributed by atoms with Gasteiger partial charge in [-0.2, -0.15) is 0 Å². The molecule has 0 aromatic rings. The van der Waals surface area contributed by atoms with Crippen LogP contribution in [-0.2, 0) is 4.74 Å². The Labute approximate surface area is 85.0 Å². The van der Waals surface area contributed by atoms with Gasteiger partial charge in [0.2, 0.25) is 0 Å². The van der Waals surface area contributed by atoms with Gasteiger partial charge in [-0.3, -0.25) is 0 Å². The zero-order valence-corrected chi connectivity index (χ0v) is 8.54. The average molecular weight is 194 g/mol. The van der Waals surface area contributed by atoms with Crippen LogP contribution >= 0.6 is 0 Å². The summed E-state index contributed by atoms with van der Waals surface area (Å²) in [5.41, 5.74) is 0.653. The highest BCUT2D eigenvalue weighted by Crippen LogP contribution is 2.60. The molecule has 2 fully saturated rings. The first-order chi connectivity index (χ1) is 6.77. The third-order valence-electron chi connectivity index (χ3n) is 4.65.